The van der Waals surface area contributed by atoms with Crippen molar-refractivity contribution in [2.45, 2.75) is 37.6 Å². The Morgan fingerprint density at radius 3 is 2.76 bits per heavy atom. The number of amidine groups is 1. The summed E-state index contributed by atoms with van der Waals surface area (Å²) in [7, 11) is 0.384. The second-order valence-corrected chi connectivity index (χ2v) is 10.1. The van der Waals surface area contributed by atoms with Crippen LogP contribution in [-0.2, 0) is 0 Å². The molecule has 0 bridgehead atoms. The molecular weight excluding hydrogens is 444 g/mol. The van der Waals surface area contributed by atoms with Crippen molar-refractivity contribution >= 4 is 34.2 Å². The highest BCUT2D eigenvalue weighted by atomic mass is 32.3. The summed E-state index contributed by atoms with van der Waals surface area (Å²) in [4.78, 5) is 19.3. The van der Waals surface area contributed by atoms with E-state index in [1.54, 1.807) is 36.5 Å². The molecule has 0 saturated heterocycles. The summed E-state index contributed by atoms with van der Waals surface area (Å²) >= 11 is 0. The molecule has 33 heavy (non-hydrogen) atoms. The molecule has 6 N–H and O–H groups in total. The van der Waals surface area contributed by atoms with Gasteiger partial charge in [-0.2, -0.15) is 0 Å². The molecule has 1 amide bonds. The summed E-state index contributed by atoms with van der Waals surface area (Å²) in [5.74, 6) is 1.00. The number of carbonyl (C=O) groups is 1. The molecule has 2 aliphatic rings. The fourth-order valence-electron chi connectivity index (χ4n) is 4.22. The average molecular weight is 475 g/mol. The lowest BCUT2D eigenvalue weighted by molar-refractivity contribution is 0.0789. The summed E-state index contributed by atoms with van der Waals surface area (Å²) in [6, 6.07) is 8.64. The Morgan fingerprint density at radius 1 is 1.27 bits per heavy atom. The maximum absolute atomic E-state index is 13.1. The van der Waals surface area contributed by atoms with Gasteiger partial charge in [0.1, 0.15) is 18.2 Å². The van der Waals surface area contributed by atoms with Gasteiger partial charge in [0.25, 0.3) is 5.91 Å². The minimum atomic E-state index is -3.37. The molecule has 1 fully saturated rings. The van der Waals surface area contributed by atoms with Gasteiger partial charge in [0.2, 0.25) is 0 Å². The van der Waals surface area contributed by atoms with Gasteiger partial charge in [0, 0.05) is 25.9 Å². The second-order valence-electron chi connectivity index (χ2n) is 8.66. The maximum Gasteiger partial charge on any atom is 0.252 e. The van der Waals surface area contributed by atoms with E-state index in [4.69, 9.17) is 10.5 Å². The number of fused-ring (bicyclic) bond motifs is 1. The first kappa shape index (κ1) is 23.1. The number of ether oxygens (including phenoxy) is 1. The van der Waals surface area contributed by atoms with E-state index in [1.165, 1.54) is 0 Å². The van der Waals surface area contributed by atoms with E-state index in [2.05, 4.69) is 19.4 Å². The molecule has 2 aromatic rings. The number of anilines is 2. The van der Waals surface area contributed by atoms with Crippen molar-refractivity contribution in [1.82, 2.24) is 10.3 Å². The van der Waals surface area contributed by atoms with Crippen molar-refractivity contribution in [3.63, 3.8) is 0 Å². The summed E-state index contributed by atoms with van der Waals surface area (Å²) in [6.45, 7) is 0.254. The van der Waals surface area contributed by atoms with Gasteiger partial charge in [0.05, 0.1) is 16.8 Å². The van der Waals surface area contributed by atoms with Crippen LogP contribution < -0.4 is 25.4 Å². The molecule has 0 radical (unpaired) electrons. The highest BCUT2D eigenvalue weighted by molar-refractivity contribution is 8.24. The van der Waals surface area contributed by atoms with Gasteiger partial charge in [-0.15, -0.1) is 4.40 Å². The van der Waals surface area contributed by atoms with Crippen LogP contribution in [0.1, 0.15) is 48.0 Å². The number of aromatic nitrogens is 1. The zero-order chi connectivity index (χ0) is 23.6. The number of pyridine rings is 1. The van der Waals surface area contributed by atoms with Crippen LogP contribution in [0.3, 0.4) is 0 Å². The fourth-order valence-corrected chi connectivity index (χ4v) is 5.10. The Hall–Kier alpha value is -3.02. The van der Waals surface area contributed by atoms with E-state index in [0.29, 0.717) is 28.4 Å². The van der Waals surface area contributed by atoms with Crippen molar-refractivity contribution < 1.29 is 18.6 Å². The molecule has 4 rings (SSSR count). The highest BCUT2D eigenvalue weighted by Crippen LogP contribution is 2.47. The average Bonchev–Trinajstić information content (AvgIpc) is 2.77. The Bertz CT molecular complexity index is 1070. The number of nitrogens with two attached hydrogens (primary N) is 1. The predicted octanol–water partition coefficient (Wildman–Crippen LogP) is 3.37. The number of carbonyl (C=O) groups excluding carboxylic acids is 1. The first-order chi connectivity index (χ1) is 15.7. The van der Waals surface area contributed by atoms with Crippen LogP contribution in [0, 0.1) is 0 Å². The first-order valence-corrected chi connectivity index (χ1v) is 12.3. The van der Waals surface area contributed by atoms with Crippen LogP contribution >= 0.6 is 11.0 Å². The van der Waals surface area contributed by atoms with E-state index < -0.39 is 16.5 Å². The minimum Gasteiger partial charge on any atom is -0.490 e. The van der Waals surface area contributed by atoms with Crippen LogP contribution in [0.4, 0.5) is 11.5 Å². The lowest BCUT2D eigenvalue weighted by Gasteiger charge is -2.38. The van der Waals surface area contributed by atoms with Gasteiger partial charge in [-0.1, -0.05) is 25.3 Å². The van der Waals surface area contributed by atoms with Gasteiger partial charge in [-0.25, -0.2) is 4.98 Å². The molecular formula is C22H30N6O4S. The lowest BCUT2D eigenvalue weighted by Crippen LogP contribution is -2.54. The quantitative estimate of drug-likeness (QED) is 0.428. The van der Waals surface area contributed by atoms with Gasteiger partial charge < -0.3 is 20.7 Å². The third-order valence-corrected chi connectivity index (χ3v) is 6.86. The van der Waals surface area contributed by atoms with Crippen LogP contribution in [0.25, 0.3) is 0 Å². The smallest absolute Gasteiger partial charge is 0.252 e. The normalized spacial score (nSPS) is 19.3. The Morgan fingerprint density at radius 2 is 2.03 bits per heavy atom. The third-order valence-electron chi connectivity index (χ3n) is 5.91. The van der Waals surface area contributed by atoms with E-state index in [9.17, 15) is 13.9 Å². The number of hydrogen-bond donors (Lipinski definition) is 5. The molecule has 0 unspecified atom stereocenters. The minimum absolute atomic E-state index is 0.00548. The summed E-state index contributed by atoms with van der Waals surface area (Å²) in [5.41, 5.74) is 6.94. The predicted molar refractivity (Wildman–Crippen MR) is 131 cm³/mol. The number of nitrogens with one attached hydrogen (secondary N) is 2. The Balaban J connectivity index is 1.55. The van der Waals surface area contributed by atoms with E-state index in [0.717, 1.165) is 32.1 Å². The molecule has 1 aliphatic carbocycles. The molecule has 178 valence electrons. The van der Waals surface area contributed by atoms with Crippen molar-refractivity contribution in [1.29, 1.82) is 0 Å². The van der Waals surface area contributed by atoms with E-state index >= 15 is 0 Å². The van der Waals surface area contributed by atoms with Crippen LogP contribution in [0.15, 0.2) is 40.9 Å². The van der Waals surface area contributed by atoms with Gasteiger partial charge >= 0.3 is 0 Å². The van der Waals surface area contributed by atoms with Crippen LogP contribution in [0.5, 0.6) is 5.75 Å². The summed E-state index contributed by atoms with van der Waals surface area (Å²) < 4.78 is 32.3. The highest BCUT2D eigenvalue weighted by Gasteiger charge is 2.36. The number of nitrogens with zero attached hydrogens (tertiary/aromatic N) is 3. The van der Waals surface area contributed by atoms with Crippen molar-refractivity contribution in [3.05, 3.63) is 47.7 Å². The molecule has 0 atom stereocenters. The van der Waals surface area contributed by atoms with E-state index in [1.807, 2.05) is 19.0 Å². The number of amides is 1. The fraction of sp³-hybridized carbons (Fsp3) is 0.409. The number of hydrogen-bond acceptors (Lipinski definition) is 9. The van der Waals surface area contributed by atoms with Crippen molar-refractivity contribution in [2.75, 3.05) is 30.3 Å². The van der Waals surface area contributed by atoms with Crippen molar-refractivity contribution in [2.24, 2.45) is 10.1 Å². The van der Waals surface area contributed by atoms with Crippen molar-refractivity contribution in [3.8, 4) is 5.75 Å². The lowest BCUT2D eigenvalue weighted by atomic mass is 9.82. The molecule has 11 heteroatoms. The van der Waals surface area contributed by atoms with Gasteiger partial charge in [-0.3, -0.25) is 18.6 Å². The SMILES string of the molecule is CN(C)c1cc(C(=O)NC2(COc3cccc4c3C(N)=NS(O)(O)N4)CCCCC2)ccn1. The largest absolute Gasteiger partial charge is 0.490 e. The number of benzene rings is 1. The third kappa shape index (κ3) is 5.15. The Kier molecular flexibility index (Phi) is 6.37. The first-order valence-electron chi connectivity index (χ1n) is 10.8. The molecule has 0 spiro atoms. The summed E-state index contributed by atoms with van der Waals surface area (Å²) in [6.07, 6.45) is 6.30. The molecule has 1 aromatic carbocycles. The monoisotopic (exact) mass is 474 g/mol. The molecule has 1 aliphatic heterocycles. The Labute approximate surface area is 194 Å². The standard InChI is InChI=1S/C22H30N6O4S/c1-28(2)18-13-15(9-12-24-18)21(29)25-22(10-4-3-5-11-22)14-32-17-8-6-7-16-19(17)20(23)27-33(30,31)26-16/h6-9,12-13,26,30-31H,3-5,10-11,14H2,1-2H3,(H2,23,27)(H,25,29). The molecule has 10 nitrogen and oxygen atoms in total. The van der Waals surface area contributed by atoms with E-state index in [-0.39, 0.29) is 18.3 Å². The molecule has 1 saturated carbocycles. The maximum atomic E-state index is 13.1. The zero-order valence-electron chi connectivity index (χ0n) is 18.7. The summed E-state index contributed by atoms with van der Waals surface area (Å²) in [5, 5.41) is 3.23. The second kappa shape index (κ2) is 9.08. The number of rotatable bonds is 6. The molecule has 1 aromatic heterocycles. The van der Waals surface area contributed by atoms with Gasteiger partial charge in [-0.05, 0) is 48.1 Å². The molecule has 2 heterocycles. The topological polar surface area (TPSA) is 145 Å². The van der Waals surface area contributed by atoms with Gasteiger partial charge in [0.15, 0.2) is 5.84 Å². The zero-order valence-corrected chi connectivity index (χ0v) is 19.6. The van der Waals surface area contributed by atoms with Crippen LogP contribution in [0.2, 0.25) is 0 Å². The van der Waals surface area contributed by atoms with Crippen LogP contribution in [-0.4, -0.2) is 52.1 Å².